The van der Waals surface area contributed by atoms with Crippen LogP contribution in [0.15, 0.2) is 16.7 Å². The molecule has 3 rings (SSSR count). The van der Waals surface area contributed by atoms with Gasteiger partial charge in [-0.25, -0.2) is 0 Å². The van der Waals surface area contributed by atoms with Crippen molar-refractivity contribution in [3.8, 4) is 17.4 Å². The van der Waals surface area contributed by atoms with Crippen molar-refractivity contribution in [2.75, 3.05) is 26.9 Å². The van der Waals surface area contributed by atoms with E-state index in [9.17, 15) is 0 Å². The molecule has 0 saturated carbocycles. The molecule has 1 saturated heterocycles. The first kappa shape index (κ1) is 13.9. The van der Waals surface area contributed by atoms with Crippen molar-refractivity contribution in [1.29, 1.82) is 0 Å². The van der Waals surface area contributed by atoms with Crippen molar-refractivity contribution < 1.29 is 14.0 Å². The van der Waals surface area contributed by atoms with Crippen LogP contribution in [0.5, 0.6) is 5.88 Å². The zero-order chi connectivity index (χ0) is 14.7. The fraction of sp³-hybridized carbons (Fsp3) is 0.538. The molecule has 2 aromatic heterocycles. The lowest BCUT2D eigenvalue weighted by Gasteiger charge is -2.13. The molecule has 8 nitrogen and oxygen atoms in total. The zero-order valence-corrected chi connectivity index (χ0v) is 11.9. The molecule has 1 aliphatic heterocycles. The van der Waals surface area contributed by atoms with Gasteiger partial charge in [0.1, 0.15) is 5.69 Å². The Morgan fingerprint density at radius 2 is 2.24 bits per heavy atom. The Morgan fingerprint density at radius 1 is 1.33 bits per heavy atom. The molecule has 0 amide bonds. The lowest BCUT2D eigenvalue weighted by atomic mass is 10.0. The van der Waals surface area contributed by atoms with E-state index in [0.717, 1.165) is 6.54 Å². The molecule has 1 N–H and O–H groups in total. The van der Waals surface area contributed by atoms with Gasteiger partial charge in [-0.2, -0.15) is 4.98 Å². The average Bonchev–Trinajstić information content (AvgIpc) is 3.16. The van der Waals surface area contributed by atoms with Crippen LogP contribution in [0.1, 0.15) is 18.7 Å². The molecule has 8 heteroatoms. The summed E-state index contributed by atoms with van der Waals surface area (Å²) in [5.41, 5.74) is 0.546. The quantitative estimate of drug-likeness (QED) is 0.857. The number of aromatic nitrogens is 4. The van der Waals surface area contributed by atoms with Crippen LogP contribution >= 0.6 is 0 Å². The smallest absolute Gasteiger partial charge is 0.234 e. The van der Waals surface area contributed by atoms with Crippen molar-refractivity contribution in [1.82, 2.24) is 25.7 Å². The van der Waals surface area contributed by atoms with Crippen LogP contribution in [0.25, 0.3) is 11.5 Å². The van der Waals surface area contributed by atoms with E-state index in [2.05, 4.69) is 32.6 Å². The summed E-state index contributed by atoms with van der Waals surface area (Å²) in [6.45, 7) is 4.16. The molecule has 0 aliphatic carbocycles. The Balaban J connectivity index is 1.79. The summed E-state index contributed by atoms with van der Waals surface area (Å²) in [7, 11) is 1.54. The van der Waals surface area contributed by atoms with Gasteiger partial charge in [-0.3, -0.25) is 0 Å². The van der Waals surface area contributed by atoms with E-state index in [0.29, 0.717) is 36.5 Å². The summed E-state index contributed by atoms with van der Waals surface area (Å²) in [6, 6.07) is 3.65. The minimum Gasteiger partial charge on any atom is -0.480 e. The van der Waals surface area contributed by atoms with E-state index in [4.69, 9.17) is 14.0 Å². The van der Waals surface area contributed by atoms with Crippen molar-refractivity contribution in [2.24, 2.45) is 0 Å². The van der Waals surface area contributed by atoms with Gasteiger partial charge in [0.25, 0.3) is 0 Å². The first-order valence-corrected chi connectivity index (χ1v) is 6.84. The second-order valence-corrected chi connectivity index (χ2v) is 4.73. The number of ether oxygens (including phenoxy) is 2. The molecule has 0 spiro atoms. The maximum atomic E-state index is 5.49. The number of nitrogens with zero attached hydrogens (tertiary/aromatic N) is 4. The summed E-state index contributed by atoms with van der Waals surface area (Å²) >= 11 is 0. The molecule has 2 atom stereocenters. The van der Waals surface area contributed by atoms with E-state index < -0.39 is 0 Å². The van der Waals surface area contributed by atoms with E-state index >= 15 is 0 Å². The van der Waals surface area contributed by atoms with Crippen LogP contribution in [0, 0.1) is 0 Å². The summed E-state index contributed by atoms with van der Waals surface area (Å²) in [5.74, 6) is 1.49. The van der Waals surface area contributed by atoms with Gasteiger partial charge in [0.15, 0.2) is 0 Å². The molecule has 2 aromatic rings. The molecule has 3 heterocycles. The van der Waals surface area contributed by atoms with Crippen molar-refractivity contribution in [3.05, 3.63) is 18.0 Å². The lowest BCUT2D eigenvalue weighted by Crippen LogP contribution is -2.34. The van der Waals surface area contributed by atoms with Gasteiger partial charge in [0.2, 0.25) is 17.6 Å². The molecule has 1 aliphatic rings. The SMILES string of the molecule is CCNC1COCC1c1nc(-c2ccc(OC)nn2)no1. The molecule has 0 radical (unpaired) electrons. The van der Waals surface area contributed by atoms with Gasteiger partial charge in [-0.05, 0) is 12.6 Å². The molecule has 21 heavy (non-hydrogen) atoms. The monoisotopic (exact) mass is 291 g/mol. The highest BCUT2D eigenvalue weighted by molar-refractivity contribution is 5.47. The Labute approximate surface area is 121 Å². The van der Waals surface area contributed by atoms with Gasteiger partial charge in [0.05, 0.1) is 26.2 Å². The summed E-state index contributed by atoms with van der Waals surface area (Å²) in [6.07, 6.45) is 0. The minimum atomic E-state index is 0.0670. The lowest BCUT2D eigenvalue weighted by molar-refractivity contribution is 0.185. The van der Waals surface area contributed by atoms with Gasteiger partial charge in [0, 0.05) is 12.1 Å². The predicted octanol–water partition coefficient (Wildman–Crippen LogP) is 0.627. The normalized spacial score (nSPS) is 21.6. The second-order valence-electron chi connectivity index (χ2n) is 4.73. The zero-order valence-electron chi connectivity index (χ0n) is 11.9. The summed E-state index contributed by atoms with van der Waals surface area (Å²) in [4.78, 5) is 4.41. The number of methoxy groups -OCH3 is 1. The Morgan fingerprint density at radius 3 is 2.95 bits per heavy atom. The standard InChI is InChI=1S/C13H17N5O3/c1-3-14-10-7-20-6-8(10)13-15-12(18-21-13)9-4-5-11(19-2)17-16-9/h4-5,8,10,14H,3,6-7H2,1-2H3. The van der Waals surface area contributed by atoms with E-state index in [1.165, 1.54) is 7.11 Å². The molecular weight excluding hydrogens is 274 g/mol. The first-order valence-electron chi connectivity index (χ1n) is 6.84. The maximum Gasteiger partial charge on any atom is 0.234 e. The van der Waals surface area contributed by atoms with Gasteiger partial charge >= 0.3 is 0 Å². The predicted molar refractivity (Wildman–Crippen MR) is 72.9 cm³/mol. The van der Waals surface area contributed by atoms with Crippen molar-refractivity contribution >= 4 is 0 Å². The Kier molecular flexibility index (Phi) is 4.07. The molecular formula is C13H17N5O3. The van der Waals surface area contributed by atoms with Gasteiger partial charge in [-0.1, -0.05) is 12.1 Å². The number of hydrogen-bond donors (Lipinski definition) is 1. The first-order chi connectivity index (χ1) is 10.3. The number of nitrogens with one attached hydrogen (secondary N) is 1. The van der Waals surface area contributed by atoms with E-state index in [1.54, 1.807) is 12.1 Å². The third-order valence-electron chi connectivity index (χ3n) is 3.38. The van der Waals surface area contributed by atoms with Crippen LogP contribution in [0.2, 0.25) is 0 Å². The molecule has 112 valence electrons. The Bertz CT molecular complexity index is 586. The third kappa shape index (κ3) is 2.86. The highest BCUT2D eigenvalue weighted by Crippen LogP contribution is 2.26. The molecule has 2 unspecified atom stereocenters. The van der Waals surface area contributed by atoms with Crippen LogP contribution in [-0.4, -0.2) is 53.2 Å². The van der Waals surface area contributed by atoms with Gasteiger partial charge in [-0.15, -0.1) is 10.2 Å². The number of likely N-dealkylation sites (N-methyl/N-ethyl adjacent to an activating group) is 1. The van der Waals surface area contributed by atoms with E-state index in [-0.39, 0.29) is 12.0 Å². The number of hydrogen-bond acceptors (Lipinski definition) is 8. The third-order valence-corrected chi connectivity index (χ3v) is 3.38. The topological polar surface area (TPSA) is 95.2 Å². The van der Waals surface area contributed by atoms with E-state index in [1.807, 2.05) is 0 Å². The van der Waals surface area contributed by atoms with Crippen molar-refractivity contribution in [3.63, 3.8) is 0 Å². The summed E-state index contributed by atoms with van der Waals surface area (Å²) in [5, 5.41) is 15.2. The molecule has 1 fully saturated rings. The number of rotatable bonds is 5. The van der Waals surface area contributed by atoms with Crippen LogP contribution in [-0.2, 0) is 4.74 Å². The Hall–Kier alpha value is -2.06. The maximum absolute atomic E-state index is 5.49. The van der Waals surface area contributed by atoms with Crippen molar-refractivity contribution in [2.45, 2.75) is 18.9 Å². The molecule has 0 bridgehead atoms. The summed E-state index contributed by atoms with van der Waals surface area (Å²) < 4.78 is 15.8. The molecule has 0 aromatic carbocycles. The average molecular weight is 291 g/mol. The minimum absolute atomic E-state index is 0.0670. The van der Waals surface area contributed by atoms with Crippen LogP contribution < -0.4 is 10.1 Å². The second kappa shape index (κ2) is 6.15. The van der Waals surface area contributed by atoms with Crippen LogP contribution in [0.3, 0.4) is 0 Å². The fourth-order valence-electron chi connectivity index (χ4n) is 2.30. The highest BCUT2D eigenvalue weighted by atomic mass is 16.5. The highest BCUT2D eigenvalue weighted by Gasteiger charge is 2.33. The fourth-order valence-corrected chi connectivity index (χ4v) is 2.30. The van der Waals surface area contributed by atoms with Gasteiger partial charge < -0.3 is 19.3 Å². The largest absolute Gasteiger partial charge is 0.480 e. The van der Waals surface area contributed by atoms with Crippen LogP contribution in [0.4, 0.5) is 0 Å².